The van der Waals surface area contributed by atoms with E-state index in [0.29, 0.717) is 19.1 Å². The van der Waals surface area contributed by atoms with Crippen LogP contribution in [0.15, 0.2) is 34.2 Å². The number of nitrogens with one attached hydrogen (secondary N) is 3. The Hall–Kier alpha value is -1.64. The molecule has 0 radical (unpaired) electrons. The number of sulfonamides is 1. The van der Waals surface area contributed by atoms with Gasteiger partial charge >= 0.3 is 0 Å². The van der Waals surface area contributed by atoms with Gasteiger partial charge in [-0.05, 0) is 17.7 Å². The average molecular weight is 314 g/mol. The molecule has 0 fully saturated rings. The predicted molar refractivity (Wildman–Crippen MR) is 82.8 cm³/mol. The molecule has 0 aliphatic rings. The fourth-order valence-electron chi connectivity index (χ4n) is 1.61. The third-order valence-corrected chi connectivity index (χ3v) is 4.23. The predicted octanol–water partition coefficient (Wildman–Crippen LogP) is -0.0939. The third kappa shape index (κ3) is 5.70. The van der Waals surface area contributed by atoms with Gasteiger partial charge in [0.1, 0.15) is 0 Å². The van der Waals surface area contributed by atoms with Crippen LogP contribution in [-0.2, 0) is 21.3 Å². The topological polar surface area (TPSA) is 91.8 Å². The number of hydrogen-bond donors (Lipinski definition) is 3. The number of ether oxygens (including phenoxy) is 1. The summed E-state index contributed by atoms with van der Waals surface area (Å²) in [6.07, 6.45) is 0. The molecule has 7 nitrogen and oxygen atoms in total. The molecule has 3 N–H and O–H groups in total. The lowest BCUT2D eigenvalue weighted by Crippen LogP contribution is -2.34. The lowest BCUT2D eigenvalue weighted by molar-refractivity contribution is 0.204. The van der Waals surface area contributed by atoms with E-state index in [9.17, 15) is 8.42 Å². The molecule has 8 heteroatoms. The Kier molecular flexibility index (Phi) is 7.13. The van der Waals surface area contributed by atoms with Gasteiger partial charge in [0, 0.05) is 34.3 Å². The van der Waals surface area contributed by atoms with Crippen molar-refractivity contribution in [3.8, 4) is 0 Å². The smallest absolute Gasteiger partial charge is 0.240 e. The van der Waals surface area contributed by atoms with E-state index in [4.69, 9.17) is 4.74 Å². The molecule has 0 saturated heterocycles. The molecule has 0 bridgehead atoms. The zero-order chi connectivity index (χ0) is 15.7. The average Bonchev–Trinajstić information content (AvgIpc) is 2.49. The number of nitrogens with zero attached hydrogens (tertiary/aromatic N) is 1. The third-order valence-electron chi connectivity index (χ3n) is 2.75. The zero-order valence-corrected chi connectivity index (χ0v) is 13.3. The Morgan fingerprint density at radius 1 is 1.29 bits per heavy atom. The number of rotatable bonds is 7. The van der Waals surface area contributed by atoms with Crippen LogP contribution in [0.1, 0.15) is 5.56 Å². The zero-order valence-electron chi connectivity index (χ0n) is 12.5. The van der Waals surface area contributed by atoms with Crippen LogP contribution in [0, 0.1) is 0 Å². The van der Waals surface area contributed by atoms with E-state index in [1.807, 2.05) is 0 Å². The Morgan fingerprint density at radius 3 is 2.48 bits per heavy atom. The molecule has 0 saturated carbocycles. The molecule has 0 aliphatic heterocycles. The summed E-state index contributed by atoms with van der Waals surface area (Å²) in [5.41, 5.74) is 0.960. The minimum atomic E-state index is -3.48. The molecule has 0 aliphatic carbocycles. The Balaban J connectivity index is 2.65. The summed E-state index contributed by atoms with van der Waals surface area (Å²) in [6, 6.07) is 6.68. The quantitative estimate of drug-likeness (QED) is 0.371. The Bertz CT molecular complexity index is 555. The first kappa shape index (κ1) is 17.4. The minimum Gasteiger partial charge on any atom is -0.383 e. The van der Waals surface area contributed by atoms with Crippen molar-refractivity contribution in [2.24, 2.45) is 4.99 Å². The number of benzene rings is 1. The summed E-state index contributed by atoms with van der Waals surface area (Å²) in [5.74, 6) is 0.674. The first-order valence-corrected chi connectivity index (χ1v) is 7.97. The van der Waals surface area contributed by atoms with E-state index in [0.717, 1.165) is 5.56 Å². The van der Waals surface area contributed by atoms with Crippen molar-refractivity contribution in [3.63, 3.8) is 0 Å². The molecule has 1 aromatic carbocycles. The summed E-state index contributed by atoms with van der Waals surface area (Å²) < 4.78 is 31.2. The normalized spacial score (nSPS) is 12.2. The van der Waals surface area contributed by atoms with Crippen LogP contribution in [0.4, 0.5) is 0 Å². The van der Waals surface area contributed by atoms with E-state index in [1.54, 1.807) is 38.4 Å². The summed E-state index contributed by atoms with van der Waals surface area (Å²) in [5, 5.41) is 6.00. The second kappa shape index (κ2) is 8.60. The lowest BCUT2D eigenvalue weighted by atomic mass is 10.2. The van der Waals surface area contributed by atoms with Gasteiger partial charge in [-0.1, -0.05) is 12.1 Å². The lowest BCUT2D eigenvalue weighted by Gasteiger charge is -2.10. The van der Waals surface area contributed by atoms with Gasteiger partial charge in [0.15, 0.2) is 5.96 Å². The molecule has 1 aromatic rings. The molecule has 1 rings (SSSR count). The fourth-order valence-corrected chi connectivity index (χ4v) is 2.63. The minimum absolute atomic E-state index is 0.236. The maximum absolute atomic E-state index is 12.0. The highest BCUT2D eigenvalue weighted by Gasteiger charge is 2.12. The summed E-state index contributed by atoms with van der Waals surface area (Å²) >= 11 is 0. The van der Waals surface area contributed by atoms with E-state index >= 15 is 0 Å². The van der Waals surface area contributed by atoms with Crippen LogP contribution >= 0.6 is 0 Å². The van der Waals surface area contributed by atoms with Gasteiger partial charge in [0.05, 0.1) is 11.5 Å². The number of methoxy groups -OCH3 is 1. The first-order chi connectivity index (χ1) is 10.0. The van der Waals surface area contributed by atoms with Gasteiger partial charge in [0.25, 0.3) is 0 Å². The van der Waals surface area contributed by atoms with Gasteiger partial charge in [-0.2, -0.15) is 0 Å². The van der Waals surface area contributed by atoms with E-state index in [2.05, 4.69) is 20.3 Å². The van der Waals surface area contributed by atoms with Gasteiger partial charge < -0.3 is 15.4 Å². The molecule has 21 heavy (non-hydrogen) atoms. The highest BCUT2D eigenvalue weighted by molar-refractivity contribution is 7.89. The molecule has 0 aromatic heterocycles. The number of hydrogen-bond acceptors (Lipinski definition) is 4. The Labute approximate surface area is 125 Å². The van der Waals surface area contributed by atoms with Crippen LogP contribution in [0.5, 0.6) is 0 Å². The summed E-state index contributed by atoms with van der Waals surface area (Å²) in [6.45, 7) is 1.15. The van der Waals surface area contributed by atoms with Gasteiger partial charge in [-0.25, -0.2) is 13.1 Å². The summed E-state index contributed by atoms with van der Waals surface area (Å²) in [4.78, 5) is 4.23. The van der Waals surface area contributed by atoms with Crippen molar-refractivity contribution >= 4 is 16.0 Å². The maximum atomic E-state index is 12.0. The van der Waals surface area contributed by atoms with Crippen molar-refractivity contribution in [1.82, 2.24) is 15.4 Å². The second-order valence-electron chi connectivity index (χ2n) is 4.21. The van der Waals surface area contributed by atoms with E-state index < -0.39 is 10.0 Å². The standard InChI is InChI=1S/C13H22N4O3S/c1-14-13(15-2)16-10-11-4-6-12(7-5-11)21(18,19)17-8-9-20-3/h4-7,17H,8-10H2,1-3H3,(H2,14,15,16). The molecule has 0 unspecified atom stereocenters. The van der Waals surface area contributed by atoms with Crippen LogP contribution in [0.25, 0.3) is 0 Å². The first-order valence-electron chi connectivity index (χ1n) is 6.49. The molecule has 118 valence electrons. The molecular weight excluding hydrogens is 292 g/mol. The van der Waals surface area contributed by atoms with E-state index in [-0.39, 0.29) is 11.4 Å². The van der Waals surface area contributed by atoms with Gasteiger partial charge in [-0.15, -0.1) is 0 Å². The highest BCUT2D eigenvalue weighted by Crippen LogP contribution is 2.10. The van der Waals surface area contributed by atoms with Crippen LogP contribution in [0.3, 0.4) is 0 Å². The number of aliphatic imine (C=N–C) groups is 1. The van der Waals surface area contributed by atoms with Crippen molar-refractivity contribution in [2.75, 3.05) is 34.4 Å². The molecule has 0 amide bonds. The van der Waals surface area contributed by atoms with Crippen molar-refractivity contribution in [2.45, 2.75) is 11.4 Å². The van der Waals surface area contributed by atoms with E-state index in [1.165, 1.54) is 7.11 Å². The van der Waals surface area contributed by atoms with Crippen molar-refractivity contribution < 1.29 is 13.2 Å². The van der Waals surface area contributed by atoms with Gasteiger partial charge in [-0.3, -0.25) is 4.99 Å². The molecule has 0 atom stereocenters. The van der Waals surface area contributed by atoms with Crippen molar-refractivity contribution in [1.29, 1.82) is 0 Å². The second-order valence-corrected chi connectivity index (χ2v) is 5.98. The highest BCUT2D eigenvalue weighted by atomic mass is 32.2. The van der Waals surface area contributed by atoms with Gasteiger partial charge in [0.2, 0.25) is 10.0 Å². The van der Waals surface area contributed by atoms with Crippen molar-refractivity contribution in [3.05, 3.63) is 29.8 Å². The summed E-state index contributed by atoms with van der Waals surface area (Å²) in [7, 11) is 1.50. The SMILES string of the molecule is CN=C(NC)NCc1ccc(S(=O)(=O)NCCOC)cc1. The van der Waals surface area contributed by atoms with Crippen LogP contribution < -0.4 is 15.4 Å². The fraction of sp³-hybridized carbons (Fsp3) is 0.462. The monoisotopic (exact) mass is 314 g/mol. The molecular formula is C13H22N4O3S. The largest absolute Gasteiger partial charge is 0.383 e. The Morgan fingerprint density at radius 2 is 1.95 bits per heavy atom. The number of guanidine groups is 1. The van der Waals surface area contributed by atoms with Crippen LogP contribution in [0.2, 0.25) is 0 Å². The molecule has 0 spiro atoms. The molecule has 0 heterocycles. The maximum Gasteiger partial charge on any atom is 0.240 e. The van der Waals surface area contributed by atoms with Crippen LogP contribution in [-0.4, -0.2) is 48.7 Å².